The first-order valence-corrected chi connectivity index (χ1v) is 7.56. The van der Waals surface area contributed by atoms with E-state index in [4.69, 9.17) is 5.26 Å². The number of nitrogens with zero attached hydrogens (tertiary/aromatic N) is 2. The molecule has 0 amide bonds. The summed E-state index contributed by atoms with van der Waals surface area (Å²) in [5.74, 6) is 0. The van der Waals surface area contributed by atoms with Crippen LogP contribution < -0.4 is 5.32 Å². The predicted octanol–water partition coefficient (Wildman–Crippen LogP) is 2.58. The van der Waals surface area contributed by atoms with Crippen molar-refractivity contribution < 1.29 is 0 Å². The Morgan fingerprint density at radius 2 is 2.28 bits per heavy atom. The van der Waals surface area contributed by atoms with E-state index in [9.17, 15) is 0 Å². The number of hydrogen-bond acceptors (Lipinski definition) is 4. The van der Waals surface area contributed by atoms with Gasteiger partial charge in [0.15, 0.2) is 0 Å². The number of likely N-dealkylation sites (N-methyl/N-ethyl adjacent to an activating group) is 1. The molecule has 0 spiro atoms. The smallest absolute Gasteiger partial charge is 0.100 e. The standard InChI is InChI=1S/C14H21N3S/c1-17(13-4-2-3-5-13)7-6-16-10-14-8-12(9-15)11-18-14/h8,11,13,16H,2-7,10H2,1H3. The minimum absolute atomic E-state index is 0.778. The normalized spacial score (nSPS) is 16.3. The van der Waals surface area contributed by atoms with Crippen molar-refractivity contribution in [3.8, 4) is 6.07 Å². The molecule has 98 valence electrons. The molecule has 1 N–H and O–H groups in total. The summed E-state index contributed by atoms with van der Waals surface area (Å²) >= 11 is 1.66. The van der Waals surface area contributed by atoms with Crippen molar-refractivity contribution in [2.75, 3.05) is 20.1 Å². The fourth-order valence-corrected chi connectivity index (χ4v) is 3.31. The summed E-state index contributed by atoms with van der Waals surface area (Å²) in [5.41, 5.74) is 0.778. The summed E-state index contributed by atoms with van der Waals surface area (Å²) < 4.78 is 0. The van der Waals surface area contributed by atoms with Gasteiger partial charge in [-0.1, -0.05) is 12.8 Å². The van der Waals surface area contributed by atoms with Crippen molar-refractivity contribution in [2.45, 2.75) is 38.3 Å². The van der Waals surface area contributed by atoms with Crippen LogP contribution in [-0.2, 0) is 6.54 Å². The molecule has 1 fully saturated rings. The van der Waals surface area contributed by atoms with Crippen LogP contribution in [0.25, 0.3) is 0 Å². The first-order chi connectivity index (χ1) is 8.79. The number of nitriles is 1. The summed E-state index contributed by atoms with van der Waals surface area (Å²) in [4.78, 5) is 3.73. The Hall–Kier alpha value is -0.890. The molecule has 1 aliphatic rings. The average Bonchev–Trinajstić information content (AvgIpc) is 3.05. The molecule has 2 rings (SSSR count). The molecular weight excluding hydrogens is 242 g/mol. The lowest BCUT2D eigenvalue weighted by Gasteiger charge is -2.23. The lowest BCUT2D eigenvalue weighted by atomic mass is 10.2. The molecular formula is C14H21N3S. The van der Waals surface area contributed by atoms with Crippen molar-refractivity contribution in [1.82, 2.24) is 10.2 Å². The molecule has 4 heteroatoms. The van der Waals surface area contributed by atoms with Crippen LogP contribution in [0.4, 0.5) is 0 Å². The zero-order chi connectivity index (χ0) is 12.8. The van der Waals surface area contributed by atoms with E-state index in [1.54, 1.807) is 11.3 Å². The molecule has 18 heavy (non-hydrogen) atoms. The summed E-state index contributed by atoms with van der Waals surface area (Å²) in [6.45, 7) is 3.01. The molecule has 1 heterocycles. The minimum Gasteiger partial charge on any atom is -0.311 e. The second-order valence-electron chi connectivity index (χ2n) is 5.01. The fourth-order valence-electron chi connectivity index (χ4n) is 2.53. The molecule has 1 aliphatic carbocycles. The van der Waals surface area contributed by atoms with Crippen LogP contribution in [0.2, 0.25) is 0 Å². The van der Waals surface area contributed by atoms with E-state index in [2.05, 4.69) is 23.3 Å². The first-order valence-electron chi connectivity index (χ1n) is 6.68. The maximum atomic E-state index is 8.75. The maximum absolute atomic E-state index is 8.75. The van der Waals surface area contributed by atoms with Crippen LogP contribution in [0.3, 0.4) is 0 Å². The zero-order valence-corrected chi connectivity index (χ0v) is 11.8. The van der Waals surface area contributed by atoms with Crippen LogP contribution in [0.5, 0.6) is 0 Å². The van der Waals surface area contributed by atoms with Crippen LogP contribution >= 0.6 is 11.3 Å². The molecule has 0 saturated heterocycles. The van der Waals surface area contributed by atoms with Gasteiger partial charge in [-0.15, -0.1) is 11.3 Å². The first kappa shape index (κ1) is 13.5. The molecule has 0 aromatic carbocycles. The van der Waals surface area contributed by atoms with Crippen molar-refractivity contribution in [3.05, 3.63) is 21.9 Å². The third-order valence-corrected chi connectivity index (χ3v) is 4.61. The van der Waals surface area contributed by atoms with Gasteiger partial charge in [0.2, 0.25) is 0 Å². The third kappa shape index (κ3) is 3.81. The van der Waals surface area contributed by atoms with E-state index >= 15 is 0 Å². The van der Waals surface area contributed by atoms with Gasteiger partial charge >= 0.3 is 0 Å². The van der Waals surface area contributed by atoms with Crippen molar-refractivity contribution in [2.24, 2.45) is 0 Å². The average molecular weight is 263 g/mol. The molecule has 0 unspecified atom stereocenters. The lowest BCUT2D eigenvalue weighted by molar-refractivity contribution is 0.245. The summed E-state index contributed by atoms with van der Waals surface area (Å²) in [6.07, 6.45) is 5.53. The maximum Gasteiger partial charge on any atom is 0.100 e. The number of thiophene rings is 1. The highest BCUT2D eigenvalue weighted by Gasteiger charge is 2.18. The van der Waals surface area contributed by atoms with Gasteiger partial charge < -0.3 is 10.2 Å². The SMILES string of the molecule is CN(CCNCc1cc(C#N)cs1)C1CCCC1. The Labute approximate surface area is 113 Å². The molecule has 1 aromatic heterocycles. The molecule has 0 aliphatic heterocycles. The highest BCUT2D eigenvalue weighted by molar-refractivity contribution is 7.10. The van der Waals surface area contributed by atoms with Gasteiger partial charge in [0.25, 0.3) is 0 Å². The third-order valence-electron chi connectivity index (χ3n) is 3.67. The Balaban J connectivity index is 1.62. The summed E-state index contributed by atoms with van der Waals surface area (Å²) in [7, 11) is 2.23. The molecule has 0 radical (unpaired) electrons. The van der Waals surface area contributed by atoms with Crippen molar-refractivity contribution in [1.29, 1.82) is 5.26 Å². The number of nitrogens with one attached hydrogen (secondary N) is 1. The monoisotopic (exact) mass is 263 g/mol. The largest absolute Gasteiger partial charge is 0.311 e. The predicted molar refractivity (Wildman–Crippen MR) is 75.6 cm³/mol. The lowest BCUT2D eigenvalue weighted by Crippen LogP contribution is -2.35. The van der Waals surface area contributed by atoms with Crippen molar-refractivity contribution in [3.63, 3.8) is 0 Å². The second-order valence-corrected chi connectivity index (χ2v) is 6.00. The van der Waals surface area contributed by atoms with E-state index in [1.807, 2.05) is 11.4 Å². The highest BCUT2D eigenvalue weighted by Crippen LogP contribution is 2.21. The Bertz CT molecular complexity index is 401. The van der Waals surface area contributed by atoms with E-state index in [0.717, 1.165) is 31.2 Å². The van der Waals surface area contributed by atoms with Gasteiger partial charge in [0.05, 0.1) is 5.56 Å². The van der Waals surface area contributed by atoms with Gasteiger partial charge in [-0.2, -0.15) is 5.26 Å². The minimum atomic E-state index is 0.778. The van der Waals surface area contributed by atoms with E-state index in [-0.39, 0.29) is 0 Å². The Morgan fingerprint density at radius 3 is 2.94 bits per heavy atom. The van der Waals surface area contributed by atoms with E-state index in [1.165, 1.54) is 30.6 Å². The van der Waals surface area contributed by atoms with Gasteiger partial charge in [-0.3, -0.25) is 0 Å². The van der Waals surface area contributed by atoms with Crippen molar-refractivity contribution >= 4 is 11.3 Å². The molecule has 1 saturated carbocycles. The van der Waals surface area contributed by atoms with Gasteiger partial charge in [0, 0.05) is 35.9 Å². The quantitative estimate of drug-likeness (QED) is 0.802. The van der Waals surface area contributed by atoms with Gasteiger partial charge in [-0.25, -0.2) is 0 Å². The number of rotatable bonds is 6. The van der Waals surface area contributed by atoms with Crippen LogP contribution in [0.1, 0.15) is 36.1 Å². The highest BCUT2D eigenvalue weighted by atomic mass is 32.1. The molecule has 3 nitrogen and oxygen atoms in total. The fraction of sp³-hybridized carbons (Fsp3) is 0.643. The summed E-state index contributed by atoms with van der Waals surface area (Å²) in [6, 6.07) is 4.94. The Kier molecular flexibility index (Phi) is 5.18. The van der Waals surface area contributed by atoms with Crippen LogP contribution in [0.15, 0.2) is 11.4 Å². The molecule has 0 bridgehead atoms. The second kappa shape index (κ2) is 6.89. The zero-order valence-electron chi connectivity index (χ0n) is 11.0. The topological polar surface area (TPSA) is 39.1 Å². The summed E-state index contributed by atoms with van der Waals surface area (Å²) in [5, 5.41) is 14.1. The molecule has 0 atom stereocenters. The van der Waals surface area contributed by atoms with E-state index < -0.39 is 0 Å². The van der Waals surface area contributed by atoms with Gasteiger partial charge in [-0.05, 0) is 26.0 Å². The van der Waals surface area contributed by atoms with Crippen LogP contribution in [0, 0.1) is 11.3 Å². The van der Waals surface area contributed by atoms with Gasteiger partial charge in [0.1, 0.15) is 6.07 Å². The number of hydrogen-bond donors (Lipinski definition) is 1. The van der Waals surface area contributed by atoms with E-state index in [0.29, 0.717) is 0 Å². The Morgan fingerprint density at radius 1 is 1.50 bits per heavy atom. The molecule has 1 aromatic rings. The van der Waals surface area contributed by atoms with Crippen LogP contribution in [-0.4, -0.2) is 31.1 Å².